The highest BCUT2D eigenvalue weighted by atomic mass is 19.1. The average molecular weight is 366 g/mol. The third-order valence-electron chi connectivity index (χ3n) is 4.00. The first-order valence-electron chi connectivity index (χ1n) is 8.52. The minimum Gasteiger partial charge on any atom is -0.350 e. The lowest BCUT2D eigenvalue weighted by atomic mass is 10.1. The van der Waals surface area contributed by atoms with Crippen molar-refractivity contribution in [2.45, 2.75) is 19.9 Å². The molecule has 140 valence electrons. The van der Waals surface area contributed by atoms with Crippen LogP contribution in [0.2, 0.25) is 0 Å². The summed E-state index contributed by atoms with van der Waals surface area (Å²) >= 11 is 0. The Morgan fingerprint density at radius 2 is 2.07 bits per heavy atom. The smallest absolute Gasteiger partial charge is 0.243 e. The van der Waals surface area contributed by atoms with Gasteiger partial charge in [0.15, 0.2) is 5.96 Å². The molecule has 0 aliphatic rings. The molecule has 0 radical (unpaired) electrons. The molecule has 1 unspecified atom stereocenters. The van der Waals surface area contributed by atoms with E-state index in [-0.39, 0.29) is 24.3 Å². The van der Waals surface area contributed by atoms with Crippen molar-refractivity contribution in [2.75, 3.05) is 18.9 Å². The number of hydrogen-bond donors (Lipinski definition) is 3. The van der Waals surface area contributed by atoms with Gasteiger partial charge in [-0.15, -0.1) is 6.42 Å². The van der Waals surface area contributed by atoms with Gasteiger partial charge in [0, 0.05) is 18.3 Å². The molecule has 5 nitrogen and oxygen atoms in total. The molecule has 0 aromatic heterocycles. The van der Waals surface area contributed by atoms with Crippen LogP contribution in [0.1, 0.15) is 29.7 Å². The highest BCUT2D eigenvalue weighted by molar-refractivity contribution is 5.95. The van der Waals surface area contributed by atoms with Gasteiger partial charge >= 0.3 is 0 Å². The van der Waals surface area contributed by atoms with Crippen LogP contribution >= 0.6 is 0 Å². The summed E-state index contributed by atoms with van der Waals surface area (Å²) in [5.41, 5.74) is 2.71. The van der Waals surface area contributed by atoms with E-state index in [1.54, 1.807) is 44.3 Å². The number of terminal acetylenes is 1. The second-order valence-corrected chi connectivity index (χ2v) is 6.07. The predicted octanol–water partition coefficient (Wildman–Crippen LogP) is 2.98. The molecule has 0 heterocycles. The van der Waals surface area contributed by atoms with Gasteiger partial charge < -0.3 is 16.0 Å². The molecular weight excluding hydrogens is 343 g/mol. The van der Waals surface area contributed by atoms with E-state index < -0.39 is 0 Å². The van der Waals surface area contributed by atoms with Gasteiger partial charge in [-0.3, -0.25) is 9.79 Å². The summed E-state index contributed by atoms with van der Waals surface area (Å²) in [6, 6.07) is 12.0. The largest absolute Gasteiger partial charge is 0.350 e. The molecule has 2 rings (SSSR count). The Bertz CT molecular complexity index is 886. The first-order chi connectivity index (χ1) is 12.9. The average Bonchev–Trinajstić information content (AvgIpc) is 2.67. The molecule has 6 heteroatoms. The number of carbonyl (C=O) groups excluding carboxylic acids is 1. The Labute approximate surface area is 159 Å². The number of halogens is 1. The summed E-state index contributed by atoms with van der Waals surface area (Å²) in [6.45, 7) is 3.63. The van der Waals surface area contributed by atoms with Crippen LogP contribution < -0.4 is 16.0 Å². The summed E-state index contributed by atoms with van der Waals surface area (Å²) in [6.07, 6.45) is 5.36. The molecule has 0 fully saturated rings. The fraction of sp³-hybridized carbons (Fsp3) is 0.238. The molecule has 0 aliphatic carbocycles. The number of nitrogens with zero attached hydrogens (tertiary/aromatic N) is 1. The normalized spacial score (nSPS) is 12.0. The topological polar surface area (TPSA) is 65.5 Å². The van der Waals surface area contributed by atoms with Crippen LogP contribution in [-0.4, -0.2) is 25.5 Å². The minimum atomic E-state index is -0.252. The van der Waals surface area contributed by atoms with Crippen molar-refractivity contribution in [1.82, 2.24) is 10.6 Å². The molecule has 27 heavy (non-hydrogen) atoms. The Balaban J connectivity index is 1.90. The minimum absolute atomic E-state index is 0.0228. The van der Waals surface area contributed by atoms with Crippen LogP contribution in [0.3, 0.4) is 0 Å². The van der Waals surface area contributed by atoms with E-state index in [4.69, 9.17) is 6.42 Å². The van der Waals surface area contributed by atoms with Gasteiger partial charge in [-0.25, -0.2) is 4.39 Å². The van der Waals surface area contributed by atoms with E-state index >= 15 is 0 Å². The zero-order valence-electron chi connectivity index (χ0n) is 15.6. The Kier molecular flexibility index (Phi) is 6.95. The van der Waals surface area contributed by atoms with Crippen molar-refractivity contribution in [3.05, 3.63) is 65.0 Å². The van der Waals surface area contributed by atoms with Gasteiger partial charge in [0.1, 0.15) is 5.82 Å². The standard InChI is InChI=1S/C21H23FN4O/c1-5-16-7-6-8-18(11-16)26-20(27)13-24-21(23-4)25-15(3)17-10-9-14(2)19(22)12-17/h1,6-12,15H,13H2,2-4H3,(H,26,27)(H2,23,24,25). The van der Waals surface area contributed by atoms with Crippen molar-refractivity contribution in [3.8, 4) is 12.3 Å². The van der Waals surface area contributed by atoms with Gasteiger partial charge in [-0.2, -0.15) is 0 Å². The van der Waals surface area contributed by atoms with Gasteiger partial charge in [-0.1, -0.05) is 24.1 Å². The zero-order valence-corrected chi connectivity index (χ0v) is 15.6. The number of aliphatic imine (C=N–C) groups is 1. The Hall–Kier alpha value is -3.33. The quantitative estimate of drug-likeness (QED) is 0.433. The third kappa shape index (κ3) is 5.86. The Morgan fingerprint density at radius 3 is 2.74 bits per heavy atom. The van der Waals surface area contributed by atoms with Crippen LogP contribution in [0.5, 0.6) is 0 Å². The van der Waals surface area contributed by atoms with Crippen molar-refractivity contribution in [2.24, 2.45) is 4.99 Å². The fourth-order valence-corrected chi connectivity index (χ4v) is 2.42. The monoisotopic (exact) mass is 366 g/mol. The lowest BCUT2D eigenvalue weighted by molar-refractivity contribution is -0.115. The summed E-state index contributed by atoms with van der Waals surface area (Å²) in [5.74, 6) is 2.48. The number of guanidine groups is 1. The molecule has 0 spiro atoms. The maximum absolute atomic E-state index is 13.7. The molecular formula is C21H23FN4O. The number of nitrogens with one attached hydrogen (secondary N) is 3. The van der Waals surface area contributed by atoms with Gasteiger partial charge in [0.05, 0.1) is 12.6 Å². The molecule has 0 bridgehead atoms. The number of carbonyl (C=O) groups is 1. The number of anilines is 1. The van der Waals surface area contributed by atoms with E-state index in [0.717, 1.165) is 5.56 Å². The summed E-state index contributed by atoms with van der Waals surface area (Å²) in [4.78, 5) is 16.2. The van der Waals surface area contributed by atoms with E-state index in [2.05, 4.69) is 26.9 Å². The molecule has 2 aromatic carbocycles. The van der Waals surface area contributed by atoms with Crippen LogP contribution in [0.25, 0.3) is 0 Å². The first kappa shape index (κ1) is 20.0. The lowest BCUT2D eigenvalue weighted by Crippen LogP contribution is -2.42. The summed E-state index contributed by atoms with van der Waals surface area (Å²) in [7, 11) is 1.60. The van der Waals surface area contributed by atoms with E-state index in [9.17, 15) is 9.18 Å². The van der Waals surface area contributed by atoms with Crippen LogP contribution in [0.4, 0.5) is 10.1 Å². The second-order valence-electron chi connectivity index (χ2n) is 6.07. The molecule has 1 atom stereocenters. The van der Waals surface area contributed by atoms with E-state index in [1.165, 1.54) is 6.07 Å². The van der Waals surface area contributed by atoms with Crippen molar-refractivity contribution in [3.63, 3.8) is 0 Å². The number of benzene rings is 2. The number of hydrogen-bond acceptors (Lipinski definition) is 2. The summed E-state index contributed by atoms with van der Waals surface area (Å²) < 4.78 is 13.7. The van der Waals surface area contributed by atoms with Crippen molar-refractivity contribution >= 4 is 17.6 Å². The van der Waals surface area contributed by atoms with Crippen molar-refractivity contribution in [1.29, 1.82) is 0 Å². The molecule has 3 N–H and O–H groups in total. The van der Waals surface area contributed by atoms with Gasteiger partial charge in [0.25, 0.3) is 0 Å². The van der Waals surface area contributed by atoms with Gasteiger partial charge in [0.2, 0.25) is 5.91 Å². The maximum atomic E-state index is 13.7. The second kappa shape index (κ2) is 9.39. The number of rotatable bonds is 5. The zero-order chi connectivity index (χ0) is 19.8. The predicted molar refractivity (Wildman–Crippen MR) is 107 cm³/mol. The van der Waals surface area contributed by atoms with Crippen LogP contribution in [0.15, 0.2) is 47.5 Å². The van der Waals surface area contributed by atoms with E-state index in [0.29, 0.717) is 22.8 Å². The number of aryl methyl sites for hydroxylation is 1. The van der Waals surface area contributed by atoms with E-state index in [1.807, 2.05) is 13.0 Å². The third-order valence-corrected chi connectivity index (χ3v) is 4.00. The highest BCUT2D eigenvalue weighted by Gasteiger charge is 2.11. The molecule has 0 aliphatic heterocycles. The fourth-order valence-electron chi connectivity index (χ4n) is 2.42. The molecule has 0 saturated carbocycles. The number of amides is 1. The SMILES string of the molecule is C#Cc1cccc(NC(=O)CNC(=NC)NC(C)c2ccc(C)c(F)c2)c1. The highest BCUT2D eigenvalue weighted by Crippen LogP contribution is 2.16. The van der Waals surface area contributed by atoms with Crippen LogP contribution in [-0.2, 0) is 4.79 Å². The van der Waals surface area contributed by atoms with Crippen molar-refractivity contribution < 1.29 is 9.18 Å². The molecule has 2 aromatic rings. The molecule has 1 amide bonds. The Morgan fingerprint density at radius 1 is 1.30 bits per heavy atom. The molecule has 0 saturated heterocycles. The maximum Gasteiger partial charge on any atom is 0.243 e. The summed E-state index contributed by atoms with van der Waals surface area (Å²) in [5, 5.41) is 8.84. The lowest BCUT2D eigenvalue weighted by Gasteiger charge is -2.18. The van der Waals surface area contributed by atoms with Crippen LogP contribution in [0, 0.1) is 25.1 Å². The van der Waals surface area contributed by atoms with Gasteiger partial charge in [-0.05, 0) is 49.2 Å². The first-order valence-corrected chi connectivity index (χ1v) is 8.52.